The van der Waals surface area contributed by atoms with Gasteiger partial charge in [-0.15, -0.1) is 0 Å². The smallest absolute Gasteiger partial charge is 0.149 e. The van der Waals surface area contributed by atoms with Gasteiger partial charge in [0.15, 0.2) is 0 Å². The number of hydrogen-bond acceptors (Lipinski definition) is 4. The molecule has 0 aliphatic rings. The minimum atomic E-state index is 0.737. The van der Waals surface area contributed by atoms with Gasteiger partial charge in [0, 0.05) is 13.2 Å². The van der Waals surface area contributed by atoms with Crippen molar-refractivity contribution in [3.63, 3.8) is 0 Å². The topological polar surface area (TPSA) is 55.6 Å². The molecule has 0 unspecified atom stereocenters. The zero-order chi connectivity index (χ0) is 13.2. The molecule has 0 saturated carbocycles. The number of benzene rings is 1. The van der Waals surface area contributed by atoms with E-state index in [-0.39, 0.29) is 0 Å². The first-order valence-electron chi connectivity index (χ1n) is 6.27. The van der Waals surface area contributed by atoms with Crippen LogP contribution in [0.1, 0.15) is 12.6 Å². The molecule has 2 aromatic heterocycles. The number of nitrogens with one attached hydrogen (secondary N) is 1. The Morgan fingerprint density at radius 3 is 2.79 bits per heavy atom. The summed E-state index contributed by atoms with van der Waals surface area (Å²) in [6, 6.07) is 7.83. The highest BCUT2D eigenvalue weighted by Crippen LogP contribution is 2.19. The summed E-state index contributed by atoms with van der Waals surface area (Å²) in [5.74, 6) is 0.737. The molecular weight excluding hydrogens is 238 g/mol. The maximum Gasteiger partial charge on any atom is 0.149 e. The summed E-state index contributed by atoms with van der Waals surface area (Å²) in [7, 11) is 1.91. The predicted molar refractivity (Wildman–Crippen MR) is 75.4 cm³/mol. The second kappa shape index (κ2) is 4.68. The molecule has 3 aromatic rings. The monoisotopic (exact) mass is 253 g/mol. The third-order valence-corrected chi connectivity index (χ3v) is 2.95. The van der Waals surface area contributed by atoms with Gasteiger partial charge in [-0.1, -0.05) is 19.1 Å². The van der Waals surface area contributed by atoms with Crippen molar-refractivity contribution in [1.82, 2.24) is 19.7 Å². The fourth-order valence-corrected chi connectivity index (χ4v) is 2.06. The Morgan fingerprint density at radius 1 is 1.21 bits per heavy atom. The summed E-state index contributed by atoms with van der Waals surface area (Å²) in [6.45, 7) is 2.08. The summed E-state index contributed by atoms with van der Waals surface area (Å²) in [4.78, 5) is 8.93. The number of hydrogen-bond donors (Lipinski definition) is 1. The van der Waals surface area contributed by atoms with Crippen molar-refractivity contribution in [3.8, 4) is 0 Å². The maximum atomic E-state index is 4.54. The SMILES string of the molecule is CCc1nn(C)cc1Nc1cnc2ccccc2n1. The zero-order valence-corrected chi connectivity index (χ0v) is 11.0. The molecule has 0 atom stereocenters. The van der Waals surface area contributed by atoms with Gasteiger partial charge in [-0.3, -0.25) is 9.67 Å². The van der Waals surface area contributed by atoms with Crippen LogP contribution in [-0.4, -0.2) is 19.7 Å². The lowest BCUT2D eigenvalue weighted by Crippen LogP contribution is -1.97. The Balaban J connectivity index is 1.96. The fraction of sp³-hybridized carbons (Fsp3) is 0.214. The minimum absolute atomic E-state index is 0.737. The standard InChI is InChI=1S/C14H15N5/c1-3-10-13(9-19(2)18-10)17-14-8-15-11-6-4-5-7-12(11)16-14/h4-9H,3H2,1-2H3,(H,16,17). The molecule has 5 nitrogen and oxygen atoms in total. The molecule has 0 spiro atoms. The molecule has 0 fully saturated rings. The van der Waals surface area contributed by atoms with Crippen LogP contribution in [0.5, 0.6) is 0 Å². The van der Waals surface area contributed by atoms with Crippen molar-refractivity contribution in [2.24, 2.45) is 7.05 Å². The molecule has 0 radical (unpaired) electrons. The van der Waals surface area contributed by atoms with Gasteiger partial charge < -0.3 is 5.32 Å². The van der Waals surface area contributed by atoms with Crippen molar-refractivity contribution in [3.05, 3.63) is 42.4 Å². The Labute approximate surface area is 111 Å². The number of anilines is 2. The second-order valence-electron chi connectivity index (χ2n) is 4.39. The van der Waals surface area contributed by atoms with Gasteiger partial charge in [-0.05, 0) is 18.6 Å². The van der Waals surface area contributed by atoms with E-state index >= 15 is 0 Å². The number of nitrogens with zero attached hydrogens (tertiary/aromatic N) is 4. The molecular formula is C14H15N5. The normalized spacial score (nSPS) is 10.8. The van der Waals surface area contributed by atoms with Gasteiger partial charge in [0.2, 0.25) is 0 Å². The van der Waals surface area contributed by atoms with E-state index in [4.69, 9.17) is 0 Å². The van der Waals surface area contributed by atoms with E-state index in [1.54, 1.807) is 10.9 Å². The second-order valence-corrected chi connectivity index (χ2v) is 4.39. The van der Waals surface area contributed by atoms with Crippen LogP contribution in [0, 0.1) is 0 Å². The Morgan fingerprint density at radius 2 is 2.00 bits per heavy atom. The zero-order valence-electron chi connectivity index (χ0n) is 11.0. The third-order valence-electron chi connectivity index (χ3n) is 2.95. The average Bonchev–Trinajstić information content (AvgIpc) is 2.78. The summed E-state index contributed by atoms with van der Waals surface area (Å²) in [5, 5.41) is 7.67. The first kappa shape index (κ1) is 11.6. The van der Waals surface area contributed by atoms with E-state index in [0.29, 0.717) is 0 Å². The van der Waals surface area contributed by atoms with Crippen molar-refractivity contribution < 1.29 is 0 Å². The summed E-state index contributed by atoms with van der Waals surface area (Å²) >= 11 is 0. The van der Waals surface area contributed by atoms with E-state index in [1.807, 2.05) is 37.5 Å². The van der Waals surface area contributed by atoms with Crippen LogP contribution in [0.3, 0.4) is 0 Å². The van der Waals surface area contributed by atoms with E-state index in [1.165, 1.54) is 0 Å². The highest BCUT2D eigenvalue weighted by Gasteiger charge is 2.07. The van der Waals surface area contributed by atoms with Gasteiger partial charge in [0.05, 0.1) is 28.6 Å². The molecule has 1 aromatic carbocycles. The van der Waals surface area contributed by atoms with Gasteiger partial charge in [0.1, 0.15) is 5.82 Å². The molecule has 2 heterocycles. The van der Waals surface area contributed by atoms with Crippen LogP contribution >= 0.6 is 0 Å². The molecule has 3 rings (SSSR count). The van der Waals surface area contributed by atoms with Crippen LogP contribution < -0.4 is 5.32 Å². The van der Waals surface area contributed by atoms with Crippen molar-refractivity contribution in [2.75, 3.05) is 5.32 Å². The lowest BCUT2D eigenvalue weighted by Gasteiger charge is -2.05. The highest BCUT2D eigenvalue weighted by molar-refractivity contribution is 5.76. The summed E-state index contributed by atoms with van der Waals surface area (Å²) in [6.07, 6.45) is 4.58. The van der Waals surface area contributed by atoms with Gasteiger partial charge in [-0.25, -0.2) is 4.98 Å². The van der Waals surface area contributed by atoms with Crippen LogP contribution in [0.25, 0.3) is 11.0 Å². The number of aryl methyl sites for hydroxylation is 2. The largest absolute Gasteiger partial charge is 0.336 e. The fourth-order valence-electron chi connectivity index (χ4n) is 2.06. The van der Waals surface area contributed by atoms with E-state index in [9.17, 15) is 0 Å². The molecule has 5 heteroatoms. The summed E-state index contributed by atoms with van der Waals surface area (Å²) < 4.78 is 1.80. The molecule has 96 valence electrons. The minimum Gasteiger partial charge on any atom is -0.336 e. The van der Waals surface area contributed by atoms with Crippen molar-refractivity contribution in [1.29, 1.82) is 0 Å². The van der Waals surface area contributed by atoms with Gasteiger partial charge in [0.25, 0.3) is 0 Å². The lowest BCUT2D eigenvalue weighted by molar-refractivity contribution is 0.746. The summed E-state index contributed by atoms with van der Waals surface area (Å²) in [5.41, 5.74) is 3.79. The Hall–Kier alpha value is -2.43. The third kappa shape index (κ3) is 2.27. The van der Waals surface area contributed by atoms with Crippen molar-refractivity contribution >= 4 is 22.5 Å². The van der Waals surface area contributed by atoms with E-state index < -0.39 is 0 Å². The van der Waals surface area contributed by atoms with Crippen LogP contribution in [-0.2, 0) is 13.5 Å². The van der Waals surface area contributed by atoms with E-state index in [2.05, 4.69) is 27.3 Å². The molecule has 0 bridgehead atoms. The van der Waals surface area contributed by atoms with Gasteiger partial charge >= 0.3 is 0 Å². The number of aromatic nitrogens is 4. The first-order chi connectivity index (χ1) is 9.26. The molecule has 0 amide bonds. The Bertz CT molecular complexity index is 717. The highest BCUT2D eigenvalue weighted by atomic mass is 15.3. The maximum absolute atomic E-state index is 4.54. The number of fused-ring (bicyclic) bond motifs is 1. The van der Waals surface area contributed by atoms with Crippen LogP contribution in [0.2, 0.25) is 0 Å². The molecule has 0 aliphatic heterocycles. The van der Waals surface area contributed by atoms with Crippen LogP contribution in [0.15, 0.2) is 36.7 Å². The molecule has 1 N–H and O–H groups in total. The van der Waals surface area contributed by atoms with Crippen LogP contribution in [0.4, 0.5) is 11.5 Å². The quantitative estimate of drug-likeness (QED) is 0.779. The molecule has 19 heavy (non-hydrogen) atoms. The number of rotatable bonds is 3. The van der Waals surface area contributed by atoms with E-state index in [0.717, 1.165) is 34.7 Å². The average molecular weight is 253 g/mol. The lowest BCUT2D eigenvalue weighted by atomic mass is 10.3. The molecule has 0 aliphatic carbocycles. The first-order valence-corrected chi connectivity index (χ1v) is 6.27. The van der Waals surface area contributed by atoms with Gasteiger partial charge in [-0.2, -0.15) is 5.10 Å². The number of para-hydroxylation sites is 2. The Kier molecular flexibility index (Phi) is 2.87. The van der Waals surface area contributed by atoms with Crippen molar-refractivity contribution in [2.45, 2.75) is 13.3 Å². The molecule has 0 saturated heterocycles. The predicted octanol–water partition coefficient (Wildman–Crippen LogP) is 2.67.